The first kappa shape index (κ1) is 25.8. The molecule has 10 nitrogen and oxygen atoms in total. The summed E-state index contributed by atoms with van der Waals surface area (Å²) in [5, 5.41) is 24.7. The second-order valence-electron chi connectivity index (χ2n) is 10.5. The maximum absolute atomic E-state index is 13.4. The van der Waals surface area contributed by atoms with E-state index in [4.69, 9.17) is 4.74 Å². The van der Waals surface area contributed by atoms with Gasteiger partial charge in [0.25, 0.3) is 11.8 Å². The number of ether oxygens (including phenoxy) is 1. The molecular formula is C24H35N3O7Si. The number of benzene rings is 1. The van der Waals surface area contributed by atoms with Gasteiger partial charge in [0.1, 0.15) is 6.10 Å². The number of hydrogen-bond donors (Lipinski definition) is 5. The minimum Gasteiger partial charge on any atom is -0.432 e. The molecule has 4 rings (SSSR count). The molecule has 35 heavy (non-hydrogen) atoms. The molecule has 0 saturated carbocycles. The fraction of sp³-hybridized carbons (Fsp3) is 0.625. The SMILES string of the molecule is C[C@H](O)C(=O)Nc1ccc2c(c1)[C@@]1(O[C@H](CC(=O)N3CCC[C@H]3CO)[C@@H]([Si](C)(C)O)[C@@H]1C)C(=O)N2. The largest absolute Gasteiger partial charge is 0.432 e. The molecule has 1 spiro atoms. The lowest BCUT2D eigenvalue weighted by Gasteiger charge is -2.32. The van der Waals surface area contributed by atoms with Crippen LogP contribution >= 0.6 is 0 Å². The van der Waals surface area contributed by atoms with Gasteiger partial charge in [-0.05, 0) is 51.1 Å². The highest BCUT2D eigenvalue weighted by atomic mass is 28.4. The van der Waals surface area contributed by atoms with Crippen LogP contribution < -0.4 is 10.6 Å². The fourth-order valence-electron chi connectivity index (χ4n) is 6.06. The van der Waals surface area contributed by atoms with Gasteiger partial charge in [-0.15, -0.1) is 0 Å². The van der Waals surface area contributed by atoms with Crippen molar-refractivity contribution in [3.8, 4) is 0 Å². The number of carbonyl (C=O) groups excluding carboxylic acids is 3. The number of hydrogen-bond acceptors (Lipinski definition) is 7. The van der Waals surface area contributed by atoms with Crippen molar-refractivity contribution in [3.05, 3.63) is 23.8 Å². The smallest absolute Gasteiger partial charge is 0.261 e. The molecule has 1 aromatic carbocycles. The van der Waals surface area contributed by atoms with Crippen molar-refractivity contribution < 1.29 is 34.1 Å². The van der Waals surface area contributed by atoms with Crippen LogP contribution in [0.25, 0.3) is 0 Å². The van der Waals surface area contributed by atoms with E-state index in [2.05, 4.69) is 10.6 Å². The Morgan fingerprint density at radius 3 is 2.71 bits per heavy atom. The van der Waals surface area contributed by atoms with Crippen LogP contribution in [0, 0.1) is 5.92 Å². The lowest BCUT2D eigenvalue weighted by molar-refractivity contribution is -0.148. The third kappa shape index (κ3) is 4.40. The first-order chi connectivity index (χ1) is 16.4. The van der Waals surface area contributed by atoms with Crippen molar-refractivity contribution >= 4 is 37.4 Å². The molecule has 0 aliphatic carbocycles. The standard InChI is InChI=1S/C24H35N3O7Si/c1-13-21(35(3,4)33)19(11-20(30)27-9-5-6-16(27)12-28)34-24(13)17-10-15(25-22(31)14(2)29)7-8-18(17)26-23(24)32/h7-8,10,13-14,16,19,21,28-29,33H,5-6,9,11-12H2,1-4H3,(H,25,31)(H,26,32)/t13-,14-,16-,19+,21-,24+/m0/s1. The summed E-state index contributed by atoms with van der Waals surface area (Å²) >= 11 is 0. The zero-order chi connectivity index (χ0) is 25.7. The van der Waals surface area contributed by atoms with Crippen molar-refractivity contribution in [1.29, 1.82) is 0 Å². The van der Waals surface area contributed by atoms with Crippen molar-refractivity contribution in [2.75, 3.05) is 23.8 Å². The third-order valence-corrected chi connectivity index (χ3v) is 10.2. The van der Waals surface area contributed by atoms with Gasteiger partial charge >= 0.3 is 0 Å². The minimum absolute atomic E-state index is 0.00527. The fourth-order valence-corrected chi connectivity index (χ4v) is 8.62. The van der Waals surface area contributed by atoms with Crippen LogP contribution in [0.2, 0.25) is 18.6 Å². The Balaban J connectivity index is 1.69. The van der Waals surface area contributed by atoms with Crippen molar-refractivity contribution in [2.45, 2.75) is 75.6 Å². The number of carbonyl (C=O) groups is 3. The van der Waals surface area contributed by atoms with Gasteiger partial charge in [0.15, 0.2) is 13.9 Å². The van der Waals surface area contributed by atoms with E-state index in [0.29, 0.717) is 23.5 Å². The normalized spacial score (nSPS) is 30.9. The minimum atomic E-state index is -2.91. The highest BCUT2D eigenvalue weighted by Gasteiger charge is 2.65. The van der Waals surface area contributed by atoms with Crippen molar-refractivity contribution in [1.82, 2.24) is 4.90 Å². The summed E-state index contributed by atoms with van der Waals surface area (Å²) in [7, 11) is -2.91. The van der Waals surface area contributed by atoms with Crippen molar-refractivity contribution in [3.63, 3.8) is 0 Å². The molecule has 0 bridgehead atoms. The lowest BCUT2D eigenvalue weighted by atomic mass is 9.82. The van der Waals surface area contributed by atoms with E-state index in [1.807, 2.05) is 6.92 Å². The summed E-state index contributed by atoms with van der Waals surface area (Å²) in [6.07, 6.45) is -0.312. The topological polar surface area (TPSA) is 148 Å². The average Bonchev–Trinajstić information content (AvgIpc) is 3.44. The first-order valence-electron chi connectivity index (χ1n) is 12.2. The number of anilines is 2. The van der Waals surface area contributed by atoms with Gasteiger partial charge in [0.2, 0.25) is 5.91 Å². The van der Waals surface area contributed by atoms with Gasteiger partial charge in [-0.25, -0.2) is 0 Å². The second-order valence-corrected chi connectivity index (χ2v) is 14.5. The number of fused-ring (bicyclic) bond motifs is 2. The summed E-state index contributed by atoms with van der Waals surface area (Å²) in [5.74, 6) is -1.55. The lowest BCUT2D eigenvalue weighted by Crippen LogP contribution is -2.44. The predicted molar refractivity (Wildman–Crippen MR) is 131 cm³/mol. The van der Waals surface area contributed by atoms with Crippen LogP contribution in [-0.2, 0) is 24.7 Å². The molecule has 0 radical (unpaired) electrons. The first-order valence-corrected chi connectivity index (χ1v) is 15.2. The predicted octanol–water partition coefficient (Wildman–Crippen LogP) is 1.13. The van der Waals surface area contributed by atoms with E-state index >= 15 is 0 Å². The third-order valence-electron chi connectivity index (χ3n) is 7.67. The van der Waals surface area contributed by atoms with E-state index in [1.165, 1.54) is 6.92 Å². The molecule has 3 aliphatic heterocycles. The molecule has 2 fully saturated rings. The van der Waals surface area contributed by atoms with E-state index in [1.54, 1.807) is 36.2 Å². The van der Waals surface area contributed by atoms with E-state index < -0.39 is 43.5 Å². The summed E-state index contributed by atoms with van der Waals surface area (Å²) < 4.78 is 6.50. The maximum Gasteiger partial charge on any atom is 0.261 e. The molecule has 11 heteroatoms. The van der Waals surface area contributed by atoms with Crippen LogP contribution in [-0.4, -0.2) is 77.3 Å². The van der Waals surface area contributed by atoms with Gasteiger partial charge in [-0.3, -0.25) is 14.4 Å². The summed E-state index contributed by atoms with van der Waals surface area (Å²) in [6.45, 7) is 7.26. The Labute approximate surface area is 205 Å². The molecule has 0 unspecified atom stereocenters. The number of rotatable bonds is 6. The Morgan fingerprint density at radius 2 is 2.09 bits per heavy atom. The van der Waals surface area contributed by atoms with Gasteiger partial charge in [-0.1, -0.05) is 6.92 Å². The van der Waals surface area contributed by atoms with E-state index in [9.17, 15) is 29.4 Å². The number of likely N-dealkylation sites (tertiary alicyclic amines) is 1. The quantitative estimate of drug-likeness (QED) is 0.364. The van der Waals surface area contributed by atoms with Crippen LogP contribution in [0.4, 0.5) is 11.4 Å². The van der Waals surface area contributed by atoms with Crippen LogP contribution in [0.15, 0.2) is 18.2 Å². The summed E-state index contributed by atoms with van der Waals surface area (Å²) in [6, 6.07) is 4.73. The average molecular weight is 506 g/mol. The van der Waals surface area contributed by atoms with Gasteiger partial charge < -0.3 is 35.3 Å². The molecule has 1 aromatic rings. The Kier molecular flexibility index (Phi) is 6.84. The number of aliphatic hydroxyl groups is 2. The molecule has 0 aromatic heterocycles. The monoisotopic (exact) mass is 505 g/mol. The number of aliphatic hydroxyl groups excluding tert-OH is 2. The zero-order valence-corrected chi connectivity index (χ0v) is 21.6. The summed E-state index contributed by atoms with van der Waals surface area (Å²) in [4.78, 5) is 51.5. The highest BCUT2D eigenvalue weighted by molar-refractivity contribution is 6.71. The zero-order valence-electron chi connectivity index (χ0n) is 20.6. The molecule has 6 atom stereocenters. The Bertz CT molecular complexity index is 1030. The summed E-state index contributed by atoms with van der Waals surface area (Å²) in [5.41, 5.74) is -0.356. The van der Waals surface area contributed by atoms with Crippen molar-refractivity contribution in [2.24, 2.45) is 5.92 Å². The number of amides is 3. The van der Waals surface area contributed by atoms with Crippen LogP contribution in [0.5, 0.6) is 0 Å². The van der Waals surface area contributed by atoms with Gasteiger partial charge in [0.05, 0.1) is 25.2 Å². The van der Waals surface area contributed by atoms with Crippen LogP contribution in [0.3, 0.4) is 0 Å². The van der Waals surface area contributed by atoms with Gasteiger partial charge in [-0.2, -0.15) is 0 Å². The highest BCUT2D eigenvalue weighted by Crippen LogP contribution is 2.58. The maximum atomic E-state index is 13.4. The molecule has 3 heterocycles. The number of nitrogens with zero attached hydrogens (tertiary/aromatic N) is 1. The van der Waals surface area contributed by atoms with E-state index in [0.717, 1.165) is 12.8 Å². The Morgan fingerprint density at radius 1 is 1.37 bits per heavy atom. The number of nitrogens with one attached hydrogen (secondary N) is 2. The molecule has 2 saturated heterocycles. The van der Waals surface area contributed by atoms with Gasteiger partial charge in [0, 0.05) is 34.9 Å². The van der Waals surface area contributed by atoms with E-state index in [-0.39, 0.29) is 30.9 Å². The molecule has 3 aliphatic rings. The Hall–Kier alpha value is -2.31. The molecule has 5 N–H and O–H groups in total. The van der Waals surface area contributed by atoms with Crippen LogP contribution in [0.1, 0.15) is 38.7 Å². The second kappa shape index (κ2) is 9.29. The molecular weight excluding hydrogens is 470 g/mol. The molecule has 3 amide bonds. The molecule has 192 valence electrons.